The fourth-order valence-electron chi connectivity index (χ4n) is 2.40. The summed E-state index contributed by atoms with van der Waals surface area (Å²) in [4.78, 5) is 4.29. The Bertz CT molecular complexity index is 593. The van der Waals surface area contributed by atoms with Crippen LogP contribution >= 0.6 is 24.0 Å². The predicted molar refractivity (Wildman–Crippen MR) is 111 cm³/mol. The summed E-state index contributed by atoms with van der Waals surface area (Å²) in [6.07, 6.45) is 4.79. The SMILES string of the molecule is CN=C(NCCCn1cccn1)NCC(C)(C)c1ccccc1.I. The van der Waals surface area contributed by atoms with Gasteiger partial charge < -0.3 is 10.6 Å². The number of aromatic nitrogens is 2. The van der Waals surface area contributed by atoms with Gasteiger partial charge in [-0.15, -0.1) is 24.0 Å². The second-order valence-electron chi connectivity index (χ2n) is 6.23. The molecule has 0 amide bonds. The summed E-state index contributed by atoms with van der Waals surface area (Å²) in [5, 5.41) is 11.0. The van der Waals surface area contributed by atoms with Crippen molar-refractivity contribution < 1.29 is 0 Å². The summed E-state index contributed by atoms with van der Waals surface area (Å²) < 4.78 is 1.94. The van der Waals surface area contributed by atoms with E-state index in [-0.39, 0.29) is 29.4 Å². The zero-order valence-corrected chi connectivity index (χ0v) is 17.0. The molecule has 24 heavy (non-hydrogen) atoms. The normalized spacial score (nSPS) is 11.7. The maximum Gasteiger partial charge on any atom is 0.191 e. The molecule has 0 unspecified atom stereocenters. The van der Waals surface area contributed by atoms with Crippen LogP contribution in [0.5, 0.6) is 0 Å². The van der Waals surface area contributed by atoms with Gasteiger partial charge in [-0.2, -0.15) is 5.10 Å². The molecule has 2 aromatic rings. The molecule has 0 aliphatic carbocycles. The second-order valence-corrected chi connectivity index (χ2v) is 6.23. The first-order chi connectivity index (χ1) is 11.1. The minimum atomic E-state index is 0. The Morgan fingerprint density at radius 1 is 1.17 bits per heavy atom. The van der Waals surface area contributed by atoms with Crippen LogP contribution in [0.1, 0.15) is 25.8 Å². The summed E-state index contributed by atoms with van der Waals surface area (Å²) in [6.45, 7) is 7.08. The summed E-state index contributed by atoms with van der Waals surface area (Å²) in [5.74, 6) is 0.842. The quantitative estimate of drug-likeness (QED) is 0.301. The lowest BCUT2D eigenvalue weighted by molar-refractivity contribution is 0.506. The number of rotatable bonds is 7. The number of nitrogens with one attached hydrogen (secondary N) is 2. The summed E-state index contributed by atoms with van der Waals surface area (Å²) in [6, 6.07) is 12.5. The van der Waals surface area contributed by atoms with Crippen molar-refractivity contribution in [3.8, 4) is 0 Å². The van der Waals surface area contributed by atoms with Crippen LogP contribution in [0, 0.1) is 0 Å². The van der Waals surface area contributed by atoms with Crippen LogP contribution in [0.15, 0.2) is 53.8 Å². The van der Waals surface area contributed by atoms with E-state index in [2.05, 4.69) is 58.8 Å². The third-order valence-corrected chi connectivity index (χ3v) is 3.89. The number of aliphatic imine (C=N–C) groups is 1. The minimum absolute atomic E-state index is 0. The Hall–Kier alpha value is -1.57. The maximum absolute atomic E-state index is 4.29. The van der Waals surface area contributed by atoms with Crippen molar-refractivity contribution >= 4 is 29.9 Å². The number of guanidine groups is 1. The molecule has 0 aliphatic heterocycles. The Morgan fingerprint density at radius 3 is 2.54 bits per heavy atom. The van der Waals surface area contributed by atoms with Gasteiger partial charge in [-0.1, -0.05) is 44.2 Å². The highest BCUT2D eigenvalue weighted by molar-refractivity contribution is 14.0. The van der Waals surface area contributed by atoms with Crippen LogP contribution in [-0.2, 0) is 12.0 Å². The topological polar surface area (TPSA) is 54.2 Å². The molecule has 6 heteroatoms. The van der Waals surface area contributed by atoms with E-state index in [4.69, 9.17) is 0 Å². The molecule has 1 aromatic carbocycles. The van der Waals surface area contributed by atoms with Crippen molar-refractivity contribution in [2.24, 2.45) is 4.99 Å². The highest BCUT2D eigenvalue weighted by Gasteiger charge is 2.20. The molecular formula is C18H28IN5. The van der Waals surface area contributed by atoms with Crippen molar-refractivity contribution in [1.82, 2.24) is 20.4 Å². The molecule has 0 radical (unpaired) electrons. The number of halogens is 1. The van der Waals surface area contributed by atoms with Crippen LogP contribution in [0.4, 0.5) is 0 Å². The third kappa shape index (κ3) is 6.51. The molecular weight excluding hydrogens is 413 g/mol. The second kappa shape index (κ2) is 10.3. The maximum atomic E-state index is 4.29. The lowest BCUT2D eigenvalue weighted by Gasteiger charge is -2.26. The molecule has 132 valence electrons. The van der Waals surface area contributed by atoms with E-state index in [0.29, 0.717) is 0 Å². The number of nitrogens with zero attached hydrogens (tertiary/aromatic N) is 3. The van der Waals surface area contributed by atoms with E-state index in [1.54, 1.807) is 13.2 Å². The first kappa shape index (κ1) is 20.5. The van der Waals surface area contributed by atoms with E-state index in [0.717, 1.165) is 32.0 Å². The summed E-state index contributed by atoms with van der Waals surface area (Å²) in [5.41, 5.74) is 1.37. The fourth-order valence-corrected chi connectivity index (χ4v) is 2.40. The van der Waals surface area contributed by atoms with Crippen molar-refractivity contribution in [1.29, 1.82) is 0 Å². The first-order valence-electron chi connectivity index (χ1n) is 8.09. The van der Waals surface area contributed by atoms with Crippen LogP contribution in [0.25, 0.3) is 0 Å². The molecule has 0 saturated carbocycles. The summed E-state index contributed by atoms with van der Waals surface area (Å²) >= 11 is 0. The average molecular weight is 441 g/mol. The number of hydrogen-bond acceptors (Lipinski definition) is 2. The molecule has 2 N–H and O–H groups in total. The number of aryl methyl sites for hydroxylation is 1. The Kier molecular flexibility index (Phi) is 8.81. The molecule has 0 bridgehead atoms. The van der Waals surface area contributed by atoms with Gasteiger partial charge >= 0.3 is 0 Å². The van der Waals surface area contributed by atoms with Crippen LogP contribution < -0.4 is 10.6 Å². The Balaban J connectivity index is 0.00000288. The zero-order valence-electron chi connectivity index (χ0n) is 14.7. The predicted octanol–water partition coefficient (Wildman–Crippen LogP) is 3.03. The lowest BCUT2D eigenvalue weighted by Crippen LogP contribution is -2.43. The molecule has 0 aliphatic rings. The fraction of sp³-hybridized carbons (Fsp3) is 0.444. The van der Waals surface area contributed by atoms with Gasteiger partial charge in [0.15, 0.2) is 5.96 Å². The minimum Gasteiger partial charge on any atom is -0.356 e. The molecule has 1 aromatic heterocycles. The molecule has 0 saturated heterocycles. The van der Waals surface area contributed by atoms with Crippen LogP contribution in [0.2, 0.25) is 0 Å². The summed E-state index contributed by atoms with van der Waals surface area (Å²) in [7, 11) is 1.80. The average Bonchev–Trinajstić information content (AvgIpc) is 3.08. The number of hydrogen-bond donors (Lipinski definition) is 2. The van der Waals surface area contributed by atoms with Gasteiger partial charge in [-0.3, -0.25) is 9.67 Å². The van der Waals surface area contributed by atoms with E-state index >= 15 is 0 Å². The highest BCUT2D eigenvalue weighted by Crippen LogP contribution is 2.21. The molecule has 5 nitrogen and oxygen atoms in total. The van der Waals surface area contributed by atoms with Gasteiger partial charge in [0.25, 0.3) is 0 Å². The zero-order chi connectivity index (χ0) is 16.5. The van der Waals surface area contributed by atoms with E-state index < -0.39 is 0 Å². The van der Waals surface area contributed by atoms with E-state index in [1.165, 1.54) is 5.56 Å². The lowest BCUT2D eigenvalue weighted by atomic mass is 9.85. The highest BCUT2D eigenvalue weighted by atomic mass is 127. The van der Waals surface area contributed by atoms with Gasteiger partial charge in [0.1, 0.15) is 0 Å². The largest absolute Gasteiger partial charge is 0.356 e. The number of benzene rings is 1. The van der Waals surface area contributed by atoms with Crippen molar-refractivity contribution in [3.63, 3.8) is 0 Å². The van der Waals surface area contributed by atoms with Gasteiger partial charge in [0.05, 0.1) is 0 Å². The van der Waals surface area contributed by atoms with Gasteiger partial charge in [-0.05, 0) is 18.1 Å². The molecule has 0 spiro atoms. The van der Waals surface area contributed by atoms with Crippen molar-refractivity contribution in [2.45, 2.75) is 32.2 Å². The molecule has 2 rings (SSSR count). The monoisotopic (exact) mass is 441 g/mol. The van der Waals surface area contributed by atoms with E-state index in [1.807, 2.05) is 23.0 Å². The van der Waals surface area contributed by atoms with Crippen molar-refractivity contribution in [2.75, 3.05) is 20.1 Å². The Morgan fingerprint density at radius 2 is 1.92 bits per heavy atom. The molecule has 0 atom stereocenters. The molecule has 0 fully saturated rings. The van der Waals surface area contributed by atoms with Gasteiger partial charge in [0, 0.05) is 44.5 Å². The third-order valence-electron chi connectivity index (χ3n) is 3.89. The first-order valence-corrected chi connectivity index (χ1v) is 8.09. The van der Waals surface area contributed by atoms with Crippen LogP contribution in [-0.4, -0.2) is 35.9 Å². The van der Waals surface area contributed by atoms with Gasteiger partial charge in [-0.25, -0.2) is 0 Å². The van der Waals surface area contributed by atoms with E-state index in [9.17, 15) is 0 Å². The standard InChI is InChI=1S/C18H27N5.HI/c1-18(2,16-9-5-4-6-10-16)15-21-17(19-3)20-11-7-13-23-14-8-12-22-23;/h4-6,8-10,12,14H,7,11,13,15H2,1-3H3,(H2,19,20,21);1H. The van der Waals surface area contributed by atoms with Crippen molar-refractivity contribution in [3.05, 3.63) is 54.4 Å². The van der Waals surface area contributed by atoms with Crippen LogP contribution in [0.3, 0.4) is 0 Å². The smallest absolute Gasteiger partial charge is 0.191 e. The molecule has 1 heterocycles. The Labute approximate surface area is 162 Å². The van der Waals surface area contributed by atoms with Gasteiger partial charge in [0.2, 0.25) is 0 Å².